The molecule has 0 amide bonds. The third-order valence-electron chi connectivity index (χ3n) is 3.04. The van der Waals surface area contributed by atoms with E-state index >= 15 is 0 Å². The second kappa shape index (κ2) is 6.40. The molecule has 0 N–H and O–H groups in total. The smallest absolute Gasteiger partial charge is 0.165 e. The first-order valence-corrected chi connectivity index (χ1v) is 6.65. The zero-order valence-corrected chi connectivity index (χ0v) is 11.7. The number of ether oxygens (including phenoxy) is 1. The van der Waals surface area contributed by atoms with Gasteiger partial charge >= 0.3 is 0 Å². The second-order valence-electron chi connectivity index (χ2n) is 4.40. The van der Waals surface area contributed by atoms with Gasteiger partial charge in [-0.25, -0.2) is 4.39 Å². The van der Waals surface area contributed by atoms with E-state index in [0.717, 1.165) is 11.1 Å². The maximum absolute atomic E-state index is 13.7. The summed E-state index contributed by atoms with van der Waals surface area (Å²) in [4.78, 5) is 0. The minimum Gasteiger partial charge on any atom is -0.485 e. The van der Waals surface area contributed by atoms with Gasteiger partial charge in [-0.05, 0) is 36.2 Å². The summed E-state index contributed by atoms with van der Waals surface area (Å²) in [7, 11) is 0. The summed E-state index contributed by atoms with van der Waals surface area (Å²) in [5, 5.41) is 8.82. The van der Waals surface area contributed by atoms with Gasteiger partial charge in [0, 0.05) is 5.56 Å². The normalized spacial score (nSPS) is 10.1. The van der Waals surface area contributed by atoms with Crippen LogP contribution in [0.2, 0.25) is 0 Å². The first kappa shape index (κ1) is 14.4. The fourth-order valence-corrected chi connectivity index (χ4v) is 2.11. The number of nitrogens with zero attached hydrogens (tertiary/aromatic N) is 1. The second-order valence-corrected chi connectivity index (χ2v) is 4.67. The highest BCUT2D eigenvalue weighted by atomic mass is 35.5. The van der Waals surface area contributed by atoms with E-state index in [-0.39, 0.29) is 18.2 Å². The third kappa shape index (κ3) is 3.09. The van der Waals surface area contributed by atoms with Crippen LogP contribution in [0.15, 0.2) is 36.4 Å². The number of aryl methyl sites for hydroxylation is 1. The molecule has 2 aromatic rings. The molecular weight excluding hydrogens is 277 g/mol. The molecule has 102 valence electrons. The maximum atomic E-state index is 13.7. The van der Waals surface area contributed by atoms with Gasteiger partial charge in [0.05, 0.1) is 17.5 Å². The van der Waals surface area contributed by atoms with Crippen molar-refractivity contribution in [3.63, 3.8) is 0 Å². The molecular formula is C16H13ClFNO. The number of hydrogen-bond acceptors (Lipinski definition) is 2. The quantitative estimate of drug-likeness (QED) is 0.785. The maximum Gasteiger partial charge on any atom is 0.165 e. The molecule has 0 aliphatic carbocycles. The highest BCUT2D eigenvalue weighted by Gasteiger charge is 2.10. The summed E-state index contributed by atoms with van der Waals surface area (Å²) in [5.74, 6) is -0.0416. The van der Waals surface area contributed by atoms with E-state index in [1.165, 1.54) is 6.07 Å². The topological polar surface area (TPSA) is 33.0 Å². The number of hydrogen-bond donors (Lipinski definition) is 0. The zero-order chi connectivity index (χ0) is 14.5. The number of nitriles is 1. The van der Waals surface area contributed by atoms with Crippen LogP contribution in [0.3, 0.4) is 0 Å². The Labute approximate surface area is 122 Å². The largest absolute Gasteiger partial charge is 0.485 e. The average Bonchev–Trinajstić information content (AvgIpc) is 2.46. The minimum absolute atomic E-state index is 0.186. The number of halogens is 2. The van der Waals surface area contributed by atoms with Gasteiger partial charge < -0.3 is 4.74 Å². The first-order valence-electron chi connectivity index (χ1n) is 6.11. The number of benzene rings is 2. The summed E-state index contributed by atoms with van der Waals surface area (Å²) in [6.45, 7) is 2.13. The third-order valence-corrected chi connectivity index (χ3v) is 3.32. The molecule has 0 aliphatic heterocycles. The first-order chi connectivity index (χ1) is 9.65. The lowest BCUT2D eigenvalue weighted by molar-refractivity contribution is 0.287. The van der Waals surface area contributed by atoms with Crippen molar-refractivity contribution in [1.29, 1.82) is 5.26 Å². The SMILES string of the molecule is Cc1cc(C#N)ccc1COc1c(F)cccc1CCl. The Morgan fingerprint density at radius 1 is 1.25 bits per heavy atom. The fourth-order valence-electron chi connectivity index (χ4n) is 1.90. The predicted molar refractivity (Wildman–Crippen MR) is 76.2 cm³/mol. The van der Waals surface area contributed by atoms with Crippen LogP contribution in [-0.2, 0) is 12.5 Å². The molecule has 0 saturated carbocycles. The molecule has 20 heavy (non-hydrogen) atoms. The van der Waals surface area contributed by atoms with Gasteiger partial charge in [0.2, 0.25) is 0 Å². The Kier molecular flexibility index (Phi) is 4.60. The highest BCUT2D eigenvalue weighted by Crippen LogP contribution is 2.25. The van der Waals surface area contributed by atoms with Crippen molar-refractivity contribution >= 4 is 11.6 Å². The van der Waals surface area contributed by atoms with Crippen molar-refractivity contribution in [2.24, 2.45) is 0 Å². The van der Waals surface area contributed by atoms with Gasteiger partial charge in [0.1, 0.15) is 6.61 Å². The van der Waals surface area contributed by atoms with Crippen LogP contribution in [0.5, 0.6) is 5.75 Å². The van der Waals surface area contributed by atoms with Crippen molar-refractivity contribution in [1.82, 2.24) is 0 Å². The van der Waals surface area contributed by atoms with Crippen LogP contribution in [0.1, 0.15) is 22.3 Å². The van der Waals surface area contributed by atoms with Gasteiger partial charge in [0.15, 0.2) is 11.6 Å². The lowest BCUT2D eigenvalue weighted by atomic mass is 10.1. The van der Waals surface area contributed by atoms with E-state index in [1.54, 1.807) is 24.3 Å². The van der Waals surface area contributed by atoms with Crippen LogP contribution in [0, 0.1) is 24.1 Å². The number of para-hydroxylation sites is 1. The predicted octanol–water partition coefficient (Wildman–Crippen LogP) is 4.32. The van der Waals surface area contributed by atoms with Gasteiger partial charge in [-0.15, -0.1) is 11.6 Å². The van der Waals surface area contributed by atoms with Crippen LogP contribution >= 0.6 is 11.6 Å². The molecule has 2 aromatic carbocycles. The van der Waals surface area contributed by atoms with Gasteiger partial charge in [-0.1, -0.05) is 18.2 Å². The standard InChI is InChI=1S/C16H13ClFNO/c1-11-7-12(9-19)5-6-14(11)10-20-16-13(8-17)3-2-4-15(16)18/h2-7H,8,10H2,1H3. The van der Waals surface area contributed by atoms with E-state index < -0.39 is 5.82 Å². The molecule has 0 saturated heterocycles. The van der Waals surface area contributed by atoms with Crippen LogP contribution < -0.4 is 4.74 Å². The monoisotopic (exact) mass is 289 g/mol. The van der Waals surface area contributed by atoms with Crippen molar-refractivity contribution in [3.8, 4) is 11.8 Å². The molecule has 0 aromatic heterocycles. The molecule has 4 heteroatoms. The molecule has 0 heterocycles. The Morgan fingerprint density at radius 2 is 2.05 bits per heavy atom. The van der Waals surface area contributed by atoms with Crippen LogP contribution in [0.4, 0.5) is 4.39 Å². The van der Waals surface area contributed by atoms with Crippen molar-refractivity contribution in [2.75, 3.05) is 0 Å². The summed E-state index contributed by atoms with van der Waals surface area (Å²) in [6, 6.07) is 12.1. The van der Waals surface area contributed by atoms with Gasteiger partial charge in [-0.2, -0.15) is 5.26 Å². The van der Waals surface area contributed by atoms with Gasteiger partial charge in [-0.3, -0.25) is 0 Å². The Hall–Kier alpha value is -2.05. The summed E-state index contributed by atoms with van der Waals surface area (Å²) < 4.78 is 19.3. The van der Waals surface area contributed by atoms with E-state index in [2.05, 4.69) is 6.07 Å². The Bertz CT molecular complexity index is 664. The molecule has 2 nitrogen and oxygen atoms in total. The number of rotatable bonds is 4. The molecule has 0 unspecified atom stereocenters. The number of alkyl halides is 1. The Morgan fingerprint density at radius 3 is 2.70 bits per heavy atom. The van der Waals surface area contributed by atoms with Crippen molar-refractivity contribution in [3.05, 3.63) is 64.5 Å². The Balaban J connectivity index is 2.19. The summed E-state index contributed by atoms with van der Waals surface area (Å²) in [5.41, 5.74) is 3.07. The van der Waals surface area contributed by atoms with E-state index in [4.69, 9.17) is 21.6 Å². The van der Waals surface area contributed by atoms with Crippen LogP contribution in [-0.4, -0.2) is 0 Å². The fraction of sp³-hybridized carbons (Fsp3) is 0.188. The van der Waals surface area contributed by atoms with Crippen molar-refractivity contribution < 1.29 is 9.13 Å². The molecule has 0 spiro atoms. The molecule has 0 fully saturated rings. The molecule has 0 radical (unpaired) electrons. The lowest BCUT2D eigenvalue weighted by Gasteiger charge is -2.12. The molecule has 0 aliphatic rings. The molecule has 0 atom stereocenters. The van der Waals surface area contributed by atoms with Crippen molar-refractivity contribution in [2.45, 2.75) is 19.4 Å². The van der Waals surface area contributed by atoms with E-state index in [9.17, 15) is 4.39 Å². The minimum atomic E-state index is -0.422. The summed E-state index contributed by atoms with van der Waals surface area (Å²) >= 11 is 5.77. The average molecular weight is 290 g/mol. The zero-order valence-electron chi connectivity index (χ0n) is 11.0. The molecule has 0 bridgehead atoms. The molecule has 2 rings (SSSR count). The van der Waals surface area contributed by atoms with Gasteiger partial charge in [0.25, 0.3) is 0 Å². The van der Waals surface area contributed by atoms with E-state index in [0.29, 0.717) is 11.1 Å². The lowest BCUT2D eigenvalue weighted by Crippen LogP contribution is -2.02. The van der Waals surface area contributed by atoms with E-state index in [1.807, 2.05) is 13.0 Å². The highest BCUT2D eigenvalue weighted by molar-refractivity contribution is 6.17. The summed E-state index contributed by atoms with van der Waals surface area (Å²) in [6.07, 6.45) is 0. The van der Waals surface area contributed by atoms with Crippen LogP contribution in [0.25, 0.3) is 0 Å².